The van der Waals surface area contributed by atoms with Gasteiger partial charge < -0.3 is 10.0 Å². The third-order valence-corrected chi connectivity index (χ3v) is 4.07. The molecular formula is C16H15N5O2. The molecule has 7 heteroatoms. The minimum atomic E-state index is -0.691. The van der Waals surface area contributed by atoms with Crippen molar-refractivity contribution in [1.82, 2.24) is 24.5 Å². The summed E-state index contributed by atoms with van der Waals surface area (Å²) in [7, 11) is 0. The van der Waals surface area contributed by atoms with Crippen molar-refractivity contribution in [3.8, 4) is 0 Å². The lowest BCUT2D eigenvalue weighted by molar-refractivity contribution is 0.0537. The number of fused-ring (bicyclic) bond motifs is 2. The summed E-state index contributed by atoms with van der Waals surface area (Å²) in [6.45, 7) is 2.54. The maximum absolute atomic E-state index is 12.8. The molecule has 23 heavy (non-hydrogen) atoms. The summed E-state index contributed by atoms with van der Waals surface area (Å²) in [4.78, 5) is 18.6. The second kappa shape index (κ2) is 5.13. The highest BCUT2D eigenvalue weighted by atomic mass is 16.3. The number of carbonyl (C=O) groups is 1. The van der Waals surface area contributed by atoms with E-state index in [4.69, 9.17) is 0 Å². The van der Waals surface area contributed by atoms with E-state index in [2.05, 4.69) is 15.2 Å². The fourth-order valence-corrected chi connectivity index (χ4v) is 2.90. The Balaban J connectivity index is 1.69. The van der Waals surface area contributed by atoms with Gasteiger partial charge in [-0.3, -0.25) is 9.20 Å². The van der Waals surface area contributed by atoms with Crippen molar-refractivity contribution in [3.05, 3.63) is 59.2 Å². The standard InChI is InChI=1S/C16H15N5O2/c1-10-6-7-21-14(18-19-16(21)17-10)15(23)20-8-11-4-2-3-5-12(11)13(22)9-20/h2-7,13,22H,8-9H2,1H3. The van der Waals surface area contributed by atoms with Gasteiger partial charge in [0.2, 0.25) is 5.82 Å². The molecule has 3 aromatic rings. The first kappa shape index (κ1) is 13.8. The number of benzene rings is 1. The monoisotopic (exact) mass is 309 g/mol. The van der Waals surface area contributed by atoms with Crippen LogP contribution in [-0.2, 0) is 6.54 Å². The maximum atomic E-state index is 12.8. The molecule has 0 saturated carbocycles. The van der Waals surface area contributed by atoms with E-state index in [9.17, 15) is 9.90 Å². The summed E-state index contributed by atoms with van der Waals surface area (Å²) >= 11 is 0. The number of aliphatic hydroxyl groups excluding tert-OH is 1. The molecule has 116 valence electrons. The molecule has 0 radical (unpaired) electrons. The number of hydrogen-bond donors (Lipinski definition) is 1. The molecule has 1 N–H and O–H groups in total. The molecular weight excluding hydrogens is 294 g/mol. The molecule has 2 aromatic heterocycles. The third kappa shape index (κ3) is 2.25. The van der Waals surface area contributed by atoms with Gasteiger partial charge in [-0.1, -0.05) is 24.3 Å². The van der Waals surface area contributed by atoms with Crippen molar-refractivity contribution >= 4 is 11.7 Å². The summed E-state index contributed by atoms with van der Waals surface area (Å²) in [5, 5.41) is 18.2. The fourth-order valence-electron chi connectivity index (χ4n) is 2.90. The molecule has 0 saturated heterocycles. The Kier molecular flexibility index (Phi) is 3.09. The number of carbonyl (C=O) groups excluding carboxylic acids is 1. The number of rotatable bonds is 1. The fraction of sp³-hybridized carbons (Fsp3) is 0.250. The SMILES string of the molecule is Cc1ccn2c(C(=O)N3Cc4ccccc4C(O)C3)nnc2n1. The highest BCUT2D eigenvalue weighted by Crippen LogP contribution is 2.27. The summed E-state index contributed by atoms with van der Waals surface area (Å²) in [5.41, 5.74) is 2.63. The van der Waals surface area contributed by atoms with Crippen LogP contribution in [-0.4, -0.2) is 42.0 Å². The average molecular weight is 309 g/mol. The van der Waals surface area contributed by atoms with Crippen molar-refractivity contribution in [2.45, 2.75) is 19.6 Å². The van der Waals surface area contributed by atoms with Gasteiger partial charge in [-0.15, -0.1) is 10.2 Å². The predicted molar refractivity (Wildman–Crippen MR) is 81.7 cm³/mol. The molecule has 0 bridgehead atoms. The number of hydrogen-bond acceptors (Lipinski definition) is 5. The quantitative estimate of drug-likeness (QED) is 0.728. The zero-order chi connectivity index (χ0) is 16.0. The van der Waals surface area contributed by atoms with Crippen LogP contribution < -0.4 is 0 Å². The van der Waals surface area contributed by atoms with E-state index in [0.717, 1.165) is 16.8 Å². The van der Waals surface area contributed by atoms with Gasteiger partial charge in [-0.25, -0.2) is 4.98 Å². The molecule has 4 rings (SSSR count). The Bertz CT molecular complexity index is 904. The molecule has 7 nitrogen and oxygen atoms in total. The van der Waals surface area contributed by atoms with Crippen molar-refractivity contribution in [2.24, 2.45) is 0 Å². The van der Waals surface area contributed by atoms with Crippen molar-refractivity contribution < 1.29 is 9.90 Å². The van der Waals surface area contributed by atoms with Crippen molar-refractivity contribution in [2.75, 3.05) is 6.54 Å². The Hall–Kier alpha value is -2.80. The Labute approximate surface area is 132 Å². The maximum Gasteiger partial charge on any atom is 0.292 e. The van der Waals surface area contributed by atoms with Gasteiger partial charge >= 0.3 is 0 Å². The largest absolute Gasteiger partial charge is 0.387 e. The van der Waals surface area contributed by atoms with E-state index >= 15 is 0 Å². The van der Waals surface area contributed by atoms with Gasteiger partial charge in [-0.05, 0) is 24.1 Å². The van der Waals surface area contributed by atoms with E-state index in [1.807, 2.05) is 31.2 Å². The minimum Gasteiger partial charge on any atom is -0.387 e. The van der Waals surface area contributed by atoms with E-state index in [1.54, 1.807) is 21.6 Å². The molecule has 0 spiro atoms. The molecule has 0 fully saturated rings. The van der Waals surface area contributed by atoms with Crippen LogP contribution in [0.4, 0.5) is 0 Å². The van der Waals surface area contributed by atoms with Crippen LogP contribution in [0, 0.1) is 6.92 Å². The molecule has 1 atom stereocenters. The van der Waals surface area contributed by atoms with Crippen LogP contribution in [0.15, 0.2) is 36.5 Å². The summed E-state index contributed by atoms with van der Waals surface area (Å²) < 4.78 is 1.57. The molecule has 1 aromatic carbocycles. The second-order valence-corrected chi connectivity index (χ2v) is 5.66. The zero-order valence-corrected chi connectivity index (χ0v) is 12.5. The first-order valence-corrected chi connectivity index (χ1v) is 7.37. The normalized spacial score (nSPS) is 17.3. The van der Waals surface area contributed by atoms with Gasteiger partial charge in [0.15, 0.2) is 0 Å². The first-order chi connectivity index (χ1) is 11.1. The van der Waals surface area contributed by atoms with Crippen molar-refractivity contribution in [1.29, 1.82) is 0 Å². The van der Waals surface area contributed by atoms with Gasteiger partial charge in [-0.2, -0.15) is 0 Å². The predicted octanol–water partition coefficient (Wildman–Crippen LogP) is 1.12. The van der Waals surface area contributed by atoms with Gasteiger partial charge in [0.25, 0.3) is 11.7 Å². The lowest BCUT2D eigenvalue weighted by atomic mass is 9.97. The Morgan fingerprint density at radius 2 is 2.09 bits per heavy atom. The van der Waals surface area contributed by atoms with Crippen LogP contribution in [0.5, 0.6) is 0 Å². The van der Waals surface area contributed by atoms with E-state index in [-0.39, 0.29) is 18.3 Å². The molecule has 1 aliphatic heterocycles. The molecule has 1 aliphatic rings. The van der Waals surface area contributed by atoms with Crippen LogP contribution in [0.3, 0.4) is 0 Å². The summed E-state index contributed by atoms with van der Waals surface area (Å²) in [6, 6.07) is 9.40. The number of amides is 1. The number of aryl methyl sites for hydroxylation is 1. The van der Waals surface area contributed by atoms with Crippen LogP contribution in [0.25, 0.3) is 5.78 Å². The molecule has 0 aliphatic carbocycles. The highest BCUT2D eigenvalue weighted by Gasteiger charge is 2.29. The number of nitrogens with zero attached hydrogens (tertiary/aromatic N) is 5. The topological polar surface area (TPSA) is 83.6 Å². The number of aliphatic hydroxyl groups is 1. The van der Waals surface area contributed by atoms with E-state index < -0.39 is 6.10 Å². The molecule has 3 heterocycles. The molecule has 1 unspecified atom stereocenters. The van der Waals surface area contributed by atoms with Gasteiger partial charge in [0, 0.05) is 18.4 Å². The first-order valence-electron chi connectivity index (χ1n) is 7.37. The summed E-state index contributed by atoms with van der Waals surface area (Å²) in [6.07, 6.45) is 1.04. The summed E-state index contributed by atoms with van der Waals surface area (Å²) in [5.74, 6) is 0.335. The lowest BCUT2D eigenvalue weighted by Gasteiger charge is -2.31. The highest BCUT2D eigenvalue weighted by molar-refractivity contribution is 5.91. The smallest absolute Gasteiger partial charge is 0.292 e. The van der Waals surface area contributed by atoms with Crippen molar-refractivity contribution in [3.63, 3.8) is 0 Å². The average Bonchev–Trinajstić information content (AvgIpc) is 2.97. The number of β-amino-alcohol motifs (C(OH)–C–C–N with tert-alkyl or cyclic N) is 1. The van der Waals surface area contributed by atoms with E-state index in [0.29, 0.717) is 12.3 Å². The molecule has 1 amide bonds. The van der Waals surface area contributed by atoms with Crippen LogP contribution >= 0.6 is 0 Å². The second-order valence-electron chi connectivity index (χ2n) is 5.66. The van der Waals surface area contributed by atoms with Crippen LogP contribution in [0.2, 0.25) is 0 Å². The van der Waals surface area contributed by atoms with E-state index in [1.165, 1.54) is 0 Å². The Morgan fingerprint density at radius 1 is 1.26 bits per heavy atom. The third-order valence-electron chi connectivity index (χ3n) is 4.07. The van der Waals surface area contributed by atoms with Gasteiger partial charge in [0.1, 0.15) is 0 Å². The Morgan fingerprint density at radius 3 is 2.96 bits per heavy atom. The lowest BCUT2D eigenvalue weighted by Crippen LogP contribution is -2.39. The van der Waals surface area contributed by atoms with Gasteiger partial charge in [0.05, 0.1) is 12.6 Å². The zero-order valence-electron chi connectivity index (χ0n) is 12.5. The van der Waals surface area contributed by atoms with Crippen LogP contribution in [0.1, 0.15) is 33.5 Å². The number of aromatic nitrogens is 4. The minimum absolute atomic E-state index is 0.207.